The highest BCUT2D eigenvalue weighted by atomic mass is 16.5. The maximum Gasteiger partial charge on any atom is 0.340 e. The van der Waals surface area contributed by atoms with Crippen molar-refractivity contribution in [1.29, 1.82) is 0 Å². The number of carbonyl (C=O) groups excluding carboxylic acids is 1. The number of hydrogen-bond acceptors (Lipinski definition) is 8. The third-order valence-corrected chi connectivity index (χ3v) is 8.77. The first-order valence-corrected chi connectivity index (χ1v) is 16.8. The van der Waals surface area contributed by atoms with Crippen LogP contribution in [-0.4, -0.2) is 116 Å². The Hall–Kier alpha value is -3.85. The van der Waals surface area contributed by atoms with Gasteiger partial charge in [0.15, 0.2) is 5.60 Å². The molecule has 1 aliphatic rings. The van der Waals surface area contributed by atoms with E-state index in [1.807, 2.05) is 30.3 Å². The van der Waals surface area contributed by atoms with E-state index in [0.717, 1.165) is 86.6 Å². The minimum Gasteiger partial charge on any atom is -0.473 e. The van der Waals surface area contributed by atoms with Crippen LogP contribution in [0.3, 0.4) is 0 Å². The van der Waals surface area contributed by atoms with Crippen molar-refractivity contribution in [2.75, 3.05) is 106 Å². The standard InChI is InChI=1S/C39H55N5O3/c1-40(2)25-12-28-43(7)33-19-17-32(18-20-33)39(31-15-10-9-11-16-31)24-23-34-36(47-39)22-21-35(37(34)38(45)46-8)44(29-13-26-41(3)4)30-14-27-42(5)6/h9-11,15-24H,12-14,25-30H2,1-8H3. The number of ether oxygens (including phenoxy) is 2. The van der Waals surface area contributed by atoms with Crippen molar-refractivity contribution >= 4 is 23.4 Å². The molecule has 0 amide bonds. The van der Waals surface area contributed by atoms with Crippen LogP contribution in [0.1, 0.15) is 46.3 Å². The fourth-order valence-corrected chi connectivity index (χ4v) is 6.22. The van der Waals surface area contributed by atoms with Gasteiger partial charge in [0, 0.05) is 49.1 Å². The van der Waals surface area contributed by atoms with Gasteiger partial charge in [-0.2, -0.15) is 0 Å². The van der Waals surface area contributed by atoms with Crippen LogP contribution in [0, 0.1) is 0 Å². The average molecular weight is 642 g/mol. The molecule has 47 heavy (non-hydrogen) atoms. The fraction of sp³-hybridized carbons (Fsp3) is 0.462. The highest BCUT2D eigenvalue weighted by Crippen LogP contribution is 2.45. The highest BCUT2D eigenvalue weighted by molar-refractivity contribution is 6.01. The Morgan fingerprint density at radius 2 is 1.23 bits per heavy atom. The van der Waals surface area contributed by atoms with Crippen molar-refractivity contribution in [3.63, 3.8) is 0 Å². The van der Waals surface area contributed by atoms with E-state index in [4.69, 9.17) is 9.47 Å². The Morgan fingerprint density at radius 1 is 0.681 bits per heavy atom. The molecule has 0 spiro atoms. The zero-order chi connectivity index (χ0) is 34.0. The van der Waals surface area contributed by atoms with Gasteiger partial charge in [-0.05, 0) is 118 Å². The monoisotopic (exact) mass is 641 g/mol. The molecule has 0 radical (unpaired) electrons. The number of esters is 1. The van der Waals surface area contributed by atoms with E-state index >= 15 is 0 Å². The average Bonchev–Trinajstić information content (AvgIpc) is 3.06. The number of fused-ring (bicyclic) bond motifs is 1. The molecule has 8 heteroatoms. The SMILES string of the molecule is COC(=O)c1c(N(CCCN(C)C)CCCN(C)C)ccc2c1C=CC(c1ccccc1)(c1ccc(N(C)CCCN(C)C)cc1)O2. The van der Waals surface area contributed by atoms with Gasteiger partial charge >= 0.3 is 5.97 Å². The van der Waals surface area contributed by atoms with E-state index in [0.29, 0.717) is 11.3 Å². The van der Waals surface area contributed by atoms with E-state index in [1.165, 1.54) is 7.11 Å². The summed E-state index contributed by atoms with van der Waals surface area (Å²) in [7, 11) is 16.2. The lowest BCUT2D eigenvalue weighted by molar-refractivity contribution is 0.0599. The second-order valence-corrected chi connectivity index (χ2v) is 13.3. The van der Waals surface area contributed by atoms with Crippen LogP contribution in [0.2, 0.25) is 0 Å². The molecule has 0 bridgehead atoms. The van der Waals surface area contributed by atoms with E-state index < -0.39 is 5.60 Å². The zero-order valence-corrected chi connectivity index (χ0v) is 29.8. The summed E-state index contributed by atoms with van der Waals surface area (Å²) < 4.78 is 12.4. The molecule has 1 aliphatic heterocycles. The number of carbonyl (C=O) groups is 1. The Labute approximate surface area is 283 Å². The molecule has 0 saturated carbocycles. The molecule has 0 saturated heterocycles. The summed E-state index contributed by atoms with van der Waals surface area (Å²) >= 11 is 0. The van der Waals surface area contributed by atoms with Gasteiger partial charge in [0.1, 0.15) is 5.75 Å². The highest BCUT2D eigenvalue weighted by Gasteiger charge is 2.39. The minimum atomic E-state index is -0.859. The molecule has 1 atom stereocenters. The molecule has 0 aromatic heterocycles. The van der Waals surface area contributed by atoms with Gasteiger partial charge in [-0.25, -0.2) is 4.79 Å². The number of anilines is 2. The first-order chi connectivity index (χ1) is 22.6. The molecular formula is C39H55N5O3. The van der Waals surface area contributed by atoms with Crippen molar-refractivity contribution in [2.24, 2.45) is 0 Å². The smallest absolute Gasteiger partial charge is 0.340 e. The van der Waals surface area contributed by atoms with Gasteiger partial charge in [0.05, 0.1) is 18.4 Å². The number of benzene rings is 3. The maximum atomic E-state index is 13.5. The molecular weight excluding hydrogens is 586 g/mol. The molecule has 3 aromatic rings. The largest absolute Gasteiger partial charge is 0.473 e. The summed E-state index contributed by atoms with van der Waals surface area (Å²) in [6.45, 7) is 5.64. The van der Waals surface area contributed by atoms with Gasteiger partial charge in [0.25, 0.3) is 0 Å². The zero-order valence-electron chi connectivity index (χ0n) is 29.8. The molecule has 8 nitrogen and oxygen atoms in total. The first kappa shape index (κ1) is 36.0. The second-order valence-electron chi connectivity index (χ2n) is 13.3. The summed E-state index contributed by atoms with van der Waals surface area (Å²) in [4.78, 5) is 24.8. The van der Waals surface area contributed by atoms with Gasteiger partial charge in [-0.1, -0.05) is 42.5 Å². The molecule has 1 heterocycles. The summed E-state index contributed by atoms with van der Waals surface area (Å²) in [6.07, 6.45) is 7.21. The quantitative estimate of drug-likeness (QED) is 0.169. The minimum absolute atomic E-state index is 0.357. The van der Waals surface area contributed by atoms with Gasteiger partial charge < -0.3 is 34.0 Å². The lowest BCUT2D eigenvalue weighted by Crippen LogP contribution is -2.35. The number of methoxy groups -OCH3 is 1. The molecule has 254 valence electrons. The molecule has 4 rings (SSSR count). The predicted molar refractivity (Wildman–Crippen MR) is 196 cm³/mol. The third kappa shape index (κ3) is 9.15. The predicted octanol–water partition coefficient (Wildman–Crippen LogP) is 5.92. The van der Waals surface area contributed by atoms with E-state index in [1.54, 1.807) is 0 Å². The Kier molecular flexibility index (Phi) is 12.9. The number of hydrogen-bond donors (Lipinski definition) is 0. The van der Waals surface area contributed by atoms with Crippen LogP contribution in [0.25, 0.3) is 6.08 Å². The number of nitrogens with zero attached hydrogens (tertiary/aromatic N) is 5. The van der Waals surface area contributed by atoms with E-state index in [2.05, 4.69) is 122 Å². The first-order valence-electron chi connectivity index (χ1n) is 16.8. The molecule has 0 fully saturated rings. The Balaban J connectivity index is 1.73. The maximum absolute atomic E-state index is 13.5. The summed E-state index contributed by atoms with van der Waals surface area (Å²) in [6, 6.07) is 23.0. The van der Waals surface area contributed by atoms with Crippen LogP contribution in [0.5, 0.6) is 5.75 Å². The van der Waals surface area contributed by atoms with Crippen LogP contribution in [0.4, 0.5) is 11.4 Å². The van der Waals surface area contributed by atoms with Crippen molar-refractivity contribution in [3.8, 4) is 5.75 Å². The molecule has 0 N–H and O–H groups in total. The van der Waals surface area contributed by atoms with Crippen LogP contribution in [-0.2, 0) is 10.3 Å². The Morgan fingerprint density at radius 3 is 1.79 bits per heavy atom. The van der Waals surface area contributed by atoms with Crippen molar-refractivity contribution in [1.82, 2.24) is 14.7 Å². The van der Waals surface area contributed by atoms with E-state index in [-0.39, 0.29) is 5.97 Å². The molecule has 1 unspecified atom stereocenters. The van der Waals surface area contributed by atoms with Crippen molar-refractivity contribution in [3.05, 3.63) is 95.1 Å². The van der Waals surface area contributed by atoms with Gasteiger partial charge in [0.2, 0.25) is 0 Å². The summed E-state index contributed by atoms with van der Waals surface area (Å²) in [5.41, 5.74) is 4.53. The lowest BCUT2D eigenvalue weighted by atomic mass is 9.83. The summed E-state index contributed by atoms with van der Waals surface area (Å²) in [5, 5.41) is 0. The van der Waals surface area contributed by atoms with E-state index in [9.17, 15) is 4.79 Å². The fourth-order valence-electron chi connectivity index (χ4n) is 6.22. The molecule has 3 aromatic carbocycles. The topological polar surface area (TPSA) is 51.7 Å². The van der Waals surface area contributed by atoms with Gasteiger partial charge in [-0.15, -0.1) is 0 Å². The number of rotatable bonds is 17. The van der Waals surface area contributed by atoms with Gasteiger partial charge in [-0.3, -0.25) is 0 Å². The Bertz CT molecular complexity index is 1440. The van der Waals surface area contributed by atoms with Crippen molar-refractivity contribution in [2.45, 2.75) is 24.9 Å². The second kappa shape index (κ2) is 16.8. The van der Waals surface area contributed by atoms with Crippen LogP contribution >= 0.6 is 0 Å². The molecule has 0 aliphatic carbocycles. The third-order valence-electron chi connectivity index (χ3n) is 8.77. The normalized spacial score (nSPS) is 15.6. The van der Waals surface area contributed by atoms with Crippen molar-refractivity contribution < 1.29 is 14.3 Å². The van der Waals surface area contributed by atoms with Crippen LogP contribution in [0.15, 0.2) is 72.8 Å². The summed E-state index contributed by atoms with van der Waals surface area (Å²) in [5.74, 6) is 0.302. The van der Waals surface area contributed by atoms with Crippen LogP contribution < -0.4 is 14.5 Å². The lowest BCUT2D eigenvalue weighted by Gasteiger charge is -2.37.